The molecule has 1 saturated carbocycles. The number of amides is 3. The Morgan fingerprint density at radius 2 is 1.95 bits per heavy atom. The topological polar surface area (TPSA) is 92.5 Å². The molecule has 0 aromatic heterocycles. The predicted octanol–water partition coefficient (Wildman–Crippen LogP) is -0.0900. The van der Waals surface area contributed by atoms with Crippen LogP contribution >= 0.6 is 0 Å². The highest BCUT2D eigenvalue weighted by atomic mass is 16.2. The van der Waals surface area contributed by atoms with Crippen LogP contribution in [0.15, 0.2) is 0 Å². The molecule has 1 saturated heterocycles. The number of carbonyl (C=O) groups excluding carboxylic acids is 3. The molecule has 1 aliphatic carbocycles. The van der Waals surface area contributed by atoms with Crippen molar-refractivity contribution < 1.29 is 14.4 Å². The molecule has 2 aliphatic rings. The minimum atomic E-state index is -0.604. The van der Waals surface area contributed by atoms with Crippen LogP contribution < -0.4 is 11.1 Å². The standard InChI is InChI=1S/C13H21N3O3/c1-8(12(14)18)15-10-7-11(17)16(13(10)19)9-5-3-2-4-6-9/h8-10,15H,2-7H2,1H3,(H2,14,18). The monoisotopic (exact) mass is 267 g/mol. The van der Waals surface area contributed by atoms with Gasteiger partial charge in [-0.05, 0) is 19.8 Å². The van der Waals surface area contributed by atoms with Gasteiger partial charge in [0.15, 0.2) is 0 Å². The summed E-state index contributed by atoms with van der Waals surface area (Å²) >= 11 is 0. The van der Waals surface area contributed by atoms with Gasteiger partial charge in [0.1, 0.15) is 0 Å². The van der Waals surface area contributed by atoms with E-state index in [1.54, 1.807) is 6.92 Å². The number of nitrogens with two attached hydrogens (primary N) is 1. The molecule has 3 N–H and O–H groups in total. The summed E-state index contributed by atoms with van der Waals surface area (Å²) < 4.78 is 0. The first-order valence-electron chi connectivity index (χ1n) is 6.92. The van der Waals surface area contributed by atoms with Crippen LogP contribution in [0.25, 0.3) is 0 Å². The molecule has 2 fully saturated rings. The number of imide groups is 1. The van der Waals surface area contributed by atoms with E-state index in [0.717, 1.165) is 25.7 Å². The smallest absolute Gasteiger partial charge is 0.247 e. The van der Waals surface area contributed by atoms with Crippen molar-refractivity contribution in [2.45, 2.75) is 63.6 Å². The molecular weight excluding hydrogens is 246 g/mol. The van der Waals surface area contributed by atoms with Gasteiger partial charge in [0.2, 0.25) is 17.7 Å². The van der Waals surface area contributed by atoms with Gasteiger partial charge in [0.05, 0.1) is 18.5 Å². The maximum absolute atomic E-state index is 12.3. The minimum absolute atomic E-state index is 0.0458. The van der Waals surface area contributed by atoms with E-state index in [1.807, 2.05) is 0 Å². The summed E-state index contributed by atoms with van der Waals surface area (Å²) in [5.41, 5.74) is 5.16. The zero-order chi connectivity index (χ0) is 14.0. The number of likely N-dealkylation sites (tertiary alicyclic amines) is 1. The van der Waals surface area contributed by atoms with Gasteiger partial charge in [-0.25, -0.2) is 0 Å². The summed E-state index contributed by atoms with van der Waals surface area (Å²) in [5.74, 6) is -0.854. The Balaban J connectivity index is 2.01. The van der Waals surface area contributed by atoms with E-state index in [0.29, 0.717) is 0 Å². The summed E-state index contributed by atoms with van der Waals surface area (Å²) in [6.07, 6.45) is 5.24. The summed E-state index contributed by atoms with van der Waals surface area (Å²) in [4.78, 5) is 36.7. The number of nitrogens with one attached hydrogen (secondary N) is 1. The van der Waals surface area contributed by atoms with E-state index in [2.05, 4.69) is 5.32 Å². The molecule has 6 heteroatoms. The Kier molecular flexibility index (Phi) is 4.19. The van der Waals surface area contributed by atoms with Gasteiger partial charge in [-0.15, -0.1) is 0 Å². The number of nitrogens with zero attached hydrogens (tertiary/aromatic N) is 1. The van der Waals surface area contributed by atoms with Crippen molar-refractivity contribution in [3.8, 4) is 0 Å². The van der Waals surface area contributed by atoms with Crippen molar-refractivity contribution in [3.05, 3.63) is 0 Å². The third kappa shape index (κ3) is 2.94. The molecule has 106 valence electrons. The second-order valence-electron chi connectivity index (χ2n) is 5.44. The SMILES string of the molecule is CC(NC1CC(=O)N(C2CCCCC2)C1=O)C(N)=O. The Bertz CT molecular complexity index is 391. The van der Waals surface area contributed by atoms with E-state index in [4.69, 9.17) is 5.73 Å². The fourth-order valence-corrected chi connectivity index (χ4v) is 2.89. The maximum Gasteiger partial charge on any atom is 0.247 e. The van der Waals surface area contributed by atoms with Crippen molar-refractivity contribution in [2.24, 2.45) is 5.73 Å². The molecule has 1 heterocycles. The molecule has 1 aliphatic heterocycles. The van der Waals surface area contributed by atoms with Crippen LogP contribution in [-0.4, -0.2) is 40.7 Å². The highest BCUT2D eigenvalue weighted by molar-refractivity contribution is 6.06. The van der Waals surface area contributed by atoms with Crippen LogP contribution in [0.3, 0.4) is 0 Å². The molecular formula is C13H21N3O3. The van der Waals surface area contributed by atoms with Crippen molar-refractivity contribution >= 4 is 17.7 Å². The molecule has 6 nitrogen and oxygen atoms in total. The third-order valence-electron chi connectivity index (χ3n) is 4.00. The quantitative estimate of drug-likeness (QED) is 0.696. The van der Waals surface area contributed by atoms with Gasteiger partial charge < -0.3 is 5.73 Å². The fourth-order valence-electron chi connectivity index (χ4n) is 2.89. The molecule has 0 spiro atoms. The first kappa shape index (κ1) is 14.0. The average Bonchev–Trinajstić information content (AvgIpc) is 2.65. The molecule has 0 aromatic rings. The lowest BCUT2D eigenvalue weighted by molar-refractivity contribution is -0.142. The lowest BCUT2D eigenvalue weighted by atomic mass is 9.94. The Hall–Kier alpha value is -1.43. The molecule has 0 aromatic carbocycles. The predicted molar refractivity (Wildman–Crippen MR) is 68.9 cm³/mol. The van der Waals surface area contributed by atoms with Crippen molar-refractivity contribution in [2.75, 3.05) is 0 Å². The second kappa shape index (κ2) is 5.69. The zero-order valence-electron chi connectivity index (χ0n) is 11.2. The lowest BCUT2D eigenvalue weighted by Crippen LogP contribution is -2.49. The minimum Gasteiger partial charge on any atom is -0.368 e. The maximum atomic E-state index is 12.3. The highest BCUT2D eigenvalue weighted by Gasteiger charge is 2.43. The summed E-state index contributed by atoms with van der Waals surface area (Å²) in [7, 11) is 0. The second-order valence-corrected chi connectivity index (χ2v) is 5.44. The Labute approximate surface area is 112 Å². The highest BCUT2D eigenvalue weighted by Crippen LogP contribution is 2.27. The number of hydrogen-bond acceptors (Lipinski definition) is 4. The van der Waals surface area contributed by atoms with Gasteiger partial charge in [-0.2, -0.15) is 0 Å². The van der Waals surface area contributed by atoms with Crippen LogP contribution in [0.1, 0.15) is 45.4 Å². The first-order chi connectivity index (χ1) is 9.00. The Morgan fingerprint density at radius 1 is 1.32 bits per heavy atom. The molecule has 2 atom stereocenters. The van der Waals surface area contributed by atoms with Crippen LogP contribution in [-0.2, 0) is 14.4 Å². The summed E-state index contributed by atoms with van der Waals surface area (Å²) in [6, 6.07) is -1.16. The van der Waals surface area contributed by atoms with Crippen LogP contribution in [0.5, 0.6) is 0 Å². The summed E-state index contributed by atoms with van der Waals surface area (Å²) in [6.45, 7) is 1.60. The summed E-state index contributed by atoms with van der Waals surface area (Å²) in [5, 5.41) is 2.84. The average molecular weight is 267 g/mol. The molecule has 19 heavy (non-hydrogen) atoms. The number of carbonyl (C=O) groups is 3. The number of rotatable bonds is 4. The normalized spacial score (nSPS) is 26.8. The fraction of sp³-hybridized carbons (Fsp3) is 0.769. The van der Waals surface area contributed by atoms with Gasteiger partial charge in [-0.1, -0.05) is 19.3 Å². The van der Waals surface area contributed by atoms with E-state index in [9.17, 15) is 14.4 Å². The molecule has 3 amide bonds. The van der Waals surface area contributed by atoms with E-state index in [1.165, 1.54) is 11.3 Å². The van der Waals surface area contributed by atoms with Crippen LogP contribution in [0.4, 0.5) is 0 Å². The van der Waals surface area contributed by atoms with Crippen molar-refractivity contribution in [1.82, 2.24) is 10.2 Å². The van der Waals surface area contributed by atoms with Gasteiger partial charge in [0, 0.05) is 6.04 Å². The van der Waals surface area contributed by atoms with E-state index in [-0.39, 0.29) is 24.3 Å². The molecule has 2 unspecified atom stereocenters. The lowest BCUT2D eigenvalue weighted by Gasteiger charge is -2.29. The molecule has 0 bridgehead atoms. The number of hydrogen-bond donors (Lipinski definition) is 2. The first-order valence-corrected chi connectivity index (χ1v) is 6.92. The van der Waals surface area contributed by atoms with Gasteiger partial charge in [0.25, 0.3) is 0 Å². The van der Waals surface area contributed by atoms with Crippen LogP contribution in [0.2, 0.25) is 0 Å². The van der Waals surface area contributed by atoms with E-state index < -0.39 is 18.0 Å². The molecule has 2 rings (SSSR count). The van der Waals surface area contributed by atoms with E-state index >= 15 is 0 Å². The van der Waals surface area contributed by atoms with Gasteiger partial charge >= 0.3 is 0 Å². The van der Waals surface area contributed by atoms with Gasteiger partial charge in [-0.3, -0.25) is 24.6 Å². The van der Waals surface area contributed by atoms with Crippen molar-refractivity contribution in [1.29, 1.82) is 0 Å². The Morgan fingerprint density at radius 3 is 2.53 bits per heavy atom. The zero-order valence-corrected chi connectivity index (χ0v) is 11.2. The number of primary amides is 1. The van der Waals surface area contributed by atoms with Crippen LogP contribution in [0, 0.1) is 0 Å². The molecule has 0 radical (unpaired) electrons. The third-order valence-corrected chi connectivity index (χ3v) is 4.00. The van der Waals surface area contributed by atoms with Crippen molar-refractivity contribution in [3.63, 3.8) is 0 Å². The largest absolute Gasteiger partial charge is 0.368 e.